The first kappa shape index (κ1) is 16.0. The van der Waals surface area contributed by atoms with E-state index in [0.717, 1.165) is 31.2 Å². The molecule has 1 saturated heterocycles. The third kappa shape index (κ3) is 4.30. The number of hydrogen-bond acceptors (Lipinski definition) is 5. The molecule has 2 aromatic rings. The summed E-state index contributed by atoms with van der Waals surface area (Å²) >= 11 is 0. The van der Waals surface area contributed by atoms with Gasteiger partial charge < -0.3 is 14.0 Å². The molecular formula is C17H24N4O2. The largest absolute Gasteiger partial charge is 0.491 e. The Balaban J connectivity index is 1.61. The van der Waals surface area contributed by atoms with Gasteiger partial charge in [0.25, 0.3) is 0 Å². The van der Waals surface area contributed by atoms with Crippen molar-refractivity contribution in [2.45, 2.75) is 32.1 Å². The first-order chi connectivity index (χ1) is 11.0. The lowest BCUT2D eigenvalue weighted by molar-refractivity contribution is -0.148. The maximum absolute atomic E-state index is 6.17. The van der Waals surface area contributed by atoms with Crippen molar-refractivity contribution in [2.24, 2.45) is 7.05 Å². The van der Waals surface area contributed by atoms with E-state index in [0.29, 0.717) is 6.61 Å². The van der Waals surface area contributed by atoms with E-state index in [1.807, 2.05) is 41.9 Å². The van der Waals surface area contributed by atoms with Gasteiger partial charge in [-0.3, -0.25) is 4.90 Å². The Bertz CT molecular complexity index is 627. The predicted molar refractivity (Wildman–Crippen MR) is 87.2 cm³/mol. The van der Waals surface area contributed by atoms with Gasteiger partial charge in [-0.25, -0.2) is 0 Å². The zero-order valence-electron chi connectivity index (χ0n) is 14.0. The van der Waals surface area contributed by atoms with Gasteiger partial charge in [-0.05, 0) is 26.0 Å². The molecule has 6 heteroatoms. The molecule has 0 spiro atoms. The van der Waals surface area contributed by atoms with Gasteiger partial charge in [0.2, 0.25) is 0 Å². The molecule has 0 N–H and O–H groups in total. The average Bonchev–Trinajstić information content (AvgIpc) is 2.90. The van der Waals surface area contributed by atoms with Crippen LogP contribution in [0.3, 0.4) is 0 Å². The number of ether oxygens (including phenoxy) is 2. The van der Waals surface area contributed by atoms with Crippen LogP contribution in [0.4, 0.5) is 0 Å². The van der Waals surface area contributed by atoms with Crippen LogP contribution < -0.4 is 4.74 Å². The third-order valence-corrected chi connectivity index (χ3v) is 3.90. The normalized spacial score (nSPS) is 21.3. The molecule has 1 aromatic heterocycles. The summed E-state index contributed by atoms with van der Waals surface area (Å²) in [5.74, 6) is 1.84. The summed E-state index contributed by atoms with van der Waals surface area (Å²) < 4.78 is 14.0. The number of rotatable bonds is 5. The van der Waals surface area contributed by atoms with Crippen molar-refractivity contribution in [3.8, 4) is 5.75 Å². The minimum absolute atomic E-state index is 0.0344. The number of aromatic nitrogens is 3. The van der Waals surface area contributed by atoms with E-state index in [4.69, 9.17) is 9.47 Å². The Labute approximate surface area is 137 Å². The second-order valence-electron chi connectivity index (χ2n) is 6.65. The third-order valence-electron chi connectivity index (χ3n) is 3.90. The minimum Gasteiger partial charge on any atom is -0.491 e. The number of nitrogens with zero attached hydrogens (tertiary/aromatic N) is 4. The highest BCUT2D eigenvalue weighted by Gasteiger charge is 2.34. The van der Waals surface area contributed by atoms with Crippen LogP contribution in [-0.2, 0) is 18.3 Å². The first-order valence-electron chi connectivity index (χ1n) is 7.93. The SMILES string of the molecule is Cn1cnnc1CN1CC(COc2ccccc2)OC(C)(C)C1. The molecule has 1 fully saturated rings. The van der Waals surface area contributed by atoms with Crippen molar-refractivity contribution < 1.29 is 9.47 Å². The molecule has 0 aliphatic carbocycles. The molecule has 0 saturated carbocycles. The van der Waals surface area contributed by atoms with Crippen LogP contribution in [0, 0.1) is 0 Å². The Morgan fingerprint density at radius 3 is 2.78 bits per heavy atom. The second-order valence-corrected chi connectivity index (χ2v) is 6.65. The molecule has 2 heterocycles. The number of para-hydroxylation sites is 1. The smallest absolute Gasteiger partial charge is 0.146 e. The second kappa shape index (κ2) is 6.68. The predicted octanol–water partition coefficient (Wildman–Crippen LogP) is 1.87. The van der Waals surface area contributed by atoms with Crippen LogP contribution in [0.1, 0.15) is 19.7 Å². The molecule has 1 atom stereocenters. The molecule has 1 aliphatic rings. The summed E-state index contributed by atoms with van der Waals surface area (Å²) in [6, 6.07) is 9.86. The maximum atomic E-state index is 6.17. The van der Waals surface area contributed by atoms with E-state index >= 15 is 0 Å². The van der Waals surface area contributed by atoms with Crippen LogP contribution in [-0.4, -0.2) is 51.1 Å². The lowest BCUT2D eigenvalue weighted by atomic mass is 10.1. The van der Waals surface area contributed by atoms with Crippen LogP contribution in [0.15, 0.2) is 36.7 Å². The van der Waals surface area contributed by atoms with Gasteiger partial charge >= 0.3 is 0 Å². The van der Waals surface area contributed by atoms with Crippen molar-refractivity contribution >= 4 is 0 Å². The van der Waals surface area contributed by atoms with Gasteiger partial charge in [-0.1, -0.05) is 18.2 Å². The molecule has 124 valence electrons. The summed E-state index contributed by atoms with van der Waals surface area (Å²) in [5.41, 5.74) is -0.207. The number of hydrogen-bond donors (Lipinski definition) is 0. The fourth-order valence-corrected chi connectivity index (χ4v) is 2.98. The molecule has 23 heavy (non-hydrogen) atoms. The highest BCUT2D eigenvalue weighted by molar-refractivity contribution is 5.20. The number of aryl methyl sites for hydroxylation is 1. The van der Waals surface area contributed by atoms with Gasteiger partial charge in [-0.2, -0.15) is 0 Å². The van der Waals surface area contributed by atoms with E-state index in [2.05, 4.69) is 28.9 Å². The summed E-state index contributed by atoms with van der Waals surface area (Å²) in [4.78, 5) is 2.35. The molecule has 1 aliphatic heterocycles. The molecular weight excluding hydrogens is 292 g/mol. The van der Waals surface area contributed by atoms with E-state index in [1.54, 1.807) is 6.33 Å². The molecule has 0 radical (unpaired) electrons. The monoisotopic (exact) mass is 316 g/mol. The van der Waals surface area contributed by atoms with Gasteiger partial charge in [-0.15, -0.1) is 10.2 Å². The molecule has 0 bridgehead atoms. The standard InChI is InChI=1S/C17H24N4O2/c1-17(2)12-21(10-16-19-18-13-20(16)3)9-15(23-17)11-22-14-7-5-4-6-8-14/h4-8,13,15H,9-12H2,1-3H3. The van der Waals surface area contributed by atoms with E-state index in [1.165, 1.54) is 0 Å². The number of morpholine rings is 1. The summed E-state index contributed by atoms with van der Waals surface area (Å²) in [7, 11) is 1.97. The van der Waals surface area contributed by atoms with Crippen molar-refractivity contribution in [1.29, 1.82) is 0 Å². The van der Waals surface area contributed by atoms with Crippen molar-refractivity contribution in [3.63, 3.8) is 0 Å². The number of benzene rings is 1. The highest BCUT2D eigenvalue weighted by atomic mass is 16.5. The summed E-state index contributed by atoms with van der Waals surface area (Å²) in [5, 5.41) is 8.12. The molecule has 1 aromatic carbocycles. The van der Waals surface area contributed by atoms with Gasteiger partial charge in [0.1, 0.15) is 30.6 Å². The lowest BCUT2D eigenvalue weighted by Crippen LogP contribution is -2.54. The quantitative estimate of drug-likeness (QED) is 0.843. The Hall–Kier alpha value is -1.92. The lowest BCUT2D eigenvalue weighted by Gasteiger charge is -2.42. The van der Waals surface area contributed by atoms with Crippen molar-refractivity contribution in [3.05, 3.63) is 42.5 Å². The van der Waals surface area contributed by atoms with Crippen LogP contribution in [0.25, 0.3) is 0 Å². The Morgan fingerprint density at radius 1 is 1.30 bits per heavy atom. The van der Waals surface area contributed by atoms with Crippen LogP contribution in [0.2, 0.25) is 0 Å². The summed E-state index contributed by atoms with van der Waals surface area (Å²) in [6.07, 6.45) is 1.77. The van der Waals surface area contributed by atoms with Crippen molar-refractivity contribution in [2.75, 3.05) is 19.7 Å². The van der Waals surface area contributed by atoms with E-state index < -0.39 is 0 Å². The minimum atomic E-state index is -0.207. The molecule has 6 nitrogen and oxygen atoms in total. The van der Waals surface area contributed by atoms with E-state index in [9.17, 15) is 0 Å². The van der Waals surface area contributed by atoms with E-state index in [-0.39, 0.29) is 11.7 Å². The van der Waals surface area contributed by atoms with Crippen LogP contribution >= 0.6 is 0 Å². The topological polar surface area (TPSA) is 52.4 Å². The molecule has 0 amide bonds. The highest BCUT2D eigenvalue weighted by Crippen LogP contribution is 2.23. The first-order valence-corrected chi connectivity index (χ1v) is 7.93. The van der Waals surface area contributed by atoms with Crippen molar-refractivity contribution in [1.82, 2.24) is 19.7 Å². The van der Waals surface area contributed by atoms with Gasteiger partial charge in [0.15, 0.2) is 0 Å². The summed E-state index contributed by atoms with van der Waals surface area (Å²) in [6.45, 7) is 7.23. The zero-order chi connectivity index (χ0) is 16.3. The Kier molecular flexibility index (Phi) is 4.63. The fraction of sp³-hybridized carbons (Fsp3) is 0.529. The zero-order valence-corrected chi connectivity index (χ0v) is 14.0. The molecule has 3 rings (SSSR count). The van der Waals surface area contributed by atoms with Gasteiger partial charge in [0, 0.05) is 20.1 Å². The average molecular weight is 316 g/mol. The molecule has 1 unspecified atom stereocenters. The van der Waals surface area contributed by atoms with Gasteiger partial charge in [0.05, 0.1) is 12.1 Å². The fourth-order valence-electron chi connectivity index (χ4n) is 2.98. The van der Waals surface area contributed by atoms with Crippen LogP contribution in [0.5, 0.6) is 5.75 Å². The Morgan fingerprint density at radius 2 is 2.09 bits per heavy atom. The maximum Gasteiger partial charge on any atom is 0.146 e.